The lowest BCUT2D eigenvalue weighted by Gasteiger charge is -2.35. The number of ether oxygens (including phenoxy) is 1. The summed E-state index contributed by atoms with van der Waals surface area (Å²) in [4.78, 5) is 16.3. The average molecular weight is 428 g/mol. The maximum Gasteiger partial charge on any atom is 0.185 e. The minimum atomic E-state index is -0.677. The van der Waals surface area contributed by atoms with Crippen LogP contribution >= 0.6 is 0 Å². The van der Waals surface area contributed by atoms with Crippen molar-refractivity contribution in [2.75, 3.05) is 40.0 Å². The second kappa shape index (κ2) is 8.55. The van der Waals surface area contributed by atoms with Gasteiger partial charge in [0, 0.05) is 55.8 Å². The van der Waals surface area contributed by atoms with Crippen molar-refractivity contribution in [3.05, 3.63) is 30.0 Å². The lowest BCUT2D eigenvalue weighted by Crippen LogP contribution is -2.54. The zero-order valence-electron chi connectivity index (χ0n) is 18.5. The zero-order chi connectivity index (χ0) is 21.4. The van der Waals surface area contributed by atoms with Gasteiger partial charge in [-0.15, -0.1) is 0 Å². The van der Waals surface area contributed by atoms with Gasteiger partial charge in [-0.05, 0) is 31.2 Å². The summed E-state index contributed by atoms with van der Waals surface area (Å²) in [5.41, 5.74) is 1.06. The van der Waals surface area contributed by atoms with Crippen LogP contribution < -0.4 is 10.1 Å². The Hall–Kier alpha value is -1.92. The normalized spacial score (nSPS) is 27.5. The van der Waals surface area contributed by atoms with Gasteiger partial charge in [0.25, 0.3) is 0 Å². The second-order valence-electron chi connectivity index (χ2n) is 9.60. The first-order valence-electron chi connectivity index (χ1n) is 11.9. The number of carbonyl (C=O) groups excluding carboxylic acids is 1. The summed E-state index contributed by atoms with van der Waals surface area (Å²) < 4.78 is 21.8. The molecule has 2 aromatic rings. The van der Waals surface area contributed by atoms with Crippen LogP contribution in [0.5, 0.6) is 5.75 Å². The summed E-state index contributed by atoms with van der Waals surface area (Å²) >= 11 is 0. The monoisotopic (exact) mass is 427 g/mol. The third kappa shape index (κ3) is 3.58. The SMILES string of the molecule is COc1cccc2c(C(=O)C3(N4CCNCC4)CC3CF)cn(CC3CCCCC3)c12. The lowest BCUT2D eigenvalue weighted by atomic mass is 9.89. The van der Waals surface area contributed by atoms with Gasteiger partial charge < -0.3 is 14.6 Å². The van der Waals surface area contributed by atoms with E-state index in [1.165, 1.54) is 32.1 Å². The van der Waals surface area contributed by atoms with Gasteiger partial charge in [-0.3, -0.25) is 14.1 Å². The van der Waals surface area contributed by atoms with Crippen molar-refractivity contribution in [1.29, 1.82) is 0 Å². The van der Waals surface area contributed by atoms with E-state index < -0.39 is 12.2 Å². The topological polar surface area (TPSA) is 46.5 Å². The van der Waals surface area contributed by atoms with Crippen LogP contribution in [0.4, 0.5) is 4.39 Å². The van der Waals surface area contributed by atoms with Crippen molar-refractivity contribution in [2.24, 2.45) is 11.8 Å². The number of halogens is 1. The minimum Gasteiger partial charge on any atom is -0.495 e. The van der Waals surface area contributed by atoms with Crippen LogP contribution in [0.1, 0.15) is 48.9 Å². The molecule has 3 aliphatic rings. The molecule has 5 nitrogen and oxygen atoms in total. The molecule has 1 saturated heterocycles. The number of nitrogens with zero attached hydrogens (tertiary/aromatic N) is 2. The molecular formula is C25H34FN3O2. The molecule has 1 aromatic carbocycles. The number of nitrogens with one attached hydrogen (secondary N) is 1. The number of methoxy groups -OCH3 is 1. The van der Waals surface area contributed by atoms with Crippen molar-refractivity contribution in [2.45, 2.75) is 50.6 Å². The van der Waals surface area contributed by atoms with Crippen LogP contribution in [-0.4, -0.2) is 60.8 Å². The Balaban J connectivity index is 1.55. The Bertz CT molecular complexity index is 946. The van der Waals surface area contributed by atoms with E-state index in [1.807, 2.05) is 24.4 Å². The van der Waals surface area contributed by atoms with Crippen LogP contribution in [0, 0.1) is 11.8 Å². The first-order chi connectivity index (χ1) is 15.2. The molecule has 1 aromatic heterocycles. The predicted molar refractivity (Wildman–Crippen MR) is 121 cm³/mol. The average Bonchev–Trinajstić information content (AvgIpc) is 3.48. The van der Waals surface area contributed by atoms with Gasteiger partial charge >= 0.3 is 0 Å². The first kappa shape index (κ1) is 21.0. The number of para-hydroxylation sites is 1. The van der Waals surface area contributed by atoms with E-state index in [-0.39, 0.29) is 11.7 Å². The third-order valence-corrected chi connectivity index (χ3v) is 7.84. The van der Waals surface area contributed by atoms with Gasteiger partial charge in [0.15, 0.2) is 5.78 Å². The highest BCUT2D eigenvalue weighted by molar-refractivity contribution is 6.15. The summed E-state index contributed by atoms with van der Waals surface area (Å²) in [6, 6.07) is 5.96. The van der Waals surface area contributed by atoms with Gasteiger partial charge in [-0.1, -0.05) is 31.4 Å². The lowest BCUT2D eigenvalue weighted by molar-refractivity contribution is 0.0710. The molecule has 0 spiro atoms. The Morgan fingerprint density at radius 2 is 2.00 bits per heavy atom. The molecule has 2 atom stereocenters. The van der Waals surface area contributed by atoms with Crippen LogP contribution in [0.25, 0.3) is 10.9 Å². The van der Waals surface area contributed by atoms with E-state index >= 15 is 0 Å². The van der Waals surface area contributed by atoms with Crippen LogP contribution in [0.3, 0.4) is 0 Å². The van der Waals surface area contributed by atoms with Gasteiger partial charge in [0.1, 0.15) is 5.75 Å². The van der Waals surface area contributed by atoms with Gasteiger partial charge in [-0.2, -0.15) is 0 Å². The fraction of sp³-hybridized carbons (Fsp3) is 0.640. The van der Waals surface area contributed by atoms with Crippen molar-refractivity contribution in [1.82, 2.24) is 14.8 Å². The fourth-order valence-electron chi connectivity index (χ4n) is 6.07. The molecule has 0 amide bonds. The number of Topliss-reactive ketones (excluding diaryl/α,β-unsaturated/α-hetero) is 1. The number of fused-ring (bicyclic) bond motifs is 1. The number of piperazine rings is 1. The van der Waals surface area contributed by atoms with E-state index in [0.717, 1.165) is 54.9 Å². The van der Waals surface area contributed by atoms with Crippen LogP contribution in [0.15, 0.2) is 24.4 Å². The number of alkyl halides is 1. The van der Waals surface area contributed by atoms with E-state index in [4.69, 9.17) is 4.74 Å². The van der Waals surface area contributed by atoms with Gasteiger partial charge in [0.2, 0.25) is 0 Å². The standard InChI is InChI=1S/C25H34FN3O2/c1-31-22-9-5-8-20-21(17-28(23(20)22)16-18-6-3-2-4-7-18)24(30)25(14-19(25)15-26)29-12-10-27-11-13-29/h5,8-9,17-19,27H,2-4,6-7,10-16H2,1H3. The molecule has 6 heteroatoms. The van der Waals surface area contributed by atoms with Crippen LogP contribution in [0.2, 0.25) is 0 Å². The Kier molecular flexibility index (Phi) is 5.78. The van der Waals surface area contributed by atoms with Crippen molar-refractivity contribution < 1.29 is 13.9 Å². The number of aromatic nitrogens is 1. The van der Waals surface area contributed by atoms with Crippen molar-refractivity contribution in [3.63, 3.8) is 0 Å². The number of hydrogen-bond acceptors (Lipinski definition) is 4. The van der Waals surface area contributed by atoms with E-state index in [0.29, 0.717) is 12.3 Å². The Labute approximate surface area is 183 Å². The molecule has 2 saturated carbocycles. The highest BCUT2D eigenvalue weighted by Crippen LogP contribution is 2.52. The molecule has 2 aliphatic carbocycles. The largest absolute Gasteiger partial charge is 0.495 e. The zero-order valence-corrected chi connectivity index (χ0v) is 18.5. The number of ketones is 1. The van der Waals surface area contributed by atoms with Gasteiger partial charge in [-0.25, -0.2) is 0 Å². The molecule has 168 valence electrons. The molecule has 31 heavy (non-hydrogen) atoms. The first-order valence-corrected chi connectivity index (χ1v) is 11.9. The smallest absolute Gasteiger partial charge is 0.185 e. The summed E-state index contributed by atoms with van der Waals surface area (Å²) in [6.45, 7) is 3.78. The molecule has 1 aliphatic heterocycles. The maximum absolute atomic E-state index is 14.0. The quantitative estimate of drug-likeness (QED) is 0.678. The van der Waals surface area contributed by atoms with E-state index in [1.54, 1.807) is 7.11 Å². The highest BCUT2D eigenvalue weighted by Gasteiger charge is 2.63. The Morgan fingerprint density at radius 3 is 2.68 bits per heavy atom. The number of carbonyl (C=O) groups is 1. The molecule has 2 unspecified atom stereocenters. The number of benzene rings is 1. The van der Waals surface area contributed by atoms with Crippen molar-refractivity contribution >= 4 is 16.7 Å². The summed E-state index contributed by atoms with van der Waals surface area (Å²) in [5.74, 6) is 1.35. The molecule has 5 rings (SSSR count). The highest BCUT2D eigenvalue weighted by atomic mass is 19.1. The molecule has 0 bridgehead atoms. The number of hydrogen-bond donors (Lipinski definition) is 1. The molecule has 1 N–H and O–H groups in total. The van der Waals surface area contributed by atoms with Gasteiger partial charge in [0.05, 0.1) is 24.8 Å². The van der Waals surface area contributed by atoms with E-state index in [2.05, 4.69) is 14.8 Å². The number of rotatable bonds is 7. The van der Waals surface area contributed by atoms with Crippen LogP contribution in [-0.2, 0) is 6.54 Å². The molecular weight excluding hydrogens is 393 g/mol. The van der Waals surface area contributed by atoms with E-state index in [9.17, 15) is 9.18 Å². The summed E-state index contributed by atoms with van der Waals surface area (Å²) in [5, 5.41) is 4.30. The minimum absolute atomic E-state index is 0.0951. The summed E-state index contributed by atoms with van der Waals surface area (Å²) in [7, 11) is 1.69. The molecule has 3 fully saturated rings. The third-order valence-electron chi connectivity index (χ3n) is 7.84. The van der Waals surface area contributed by atoms with Crippen molar-refractivity contribution in [3.8, 4) is 5.75 Å². The maximum atomic E-state index is 14.0. The second-order valence-corrected chi connectivity index (χ2v) is 9.60. The Morgan fingerprint density at radius 1 is 1.23 bits per heavy atom. The fourth-order valence-corrected chi connectivity index (χ4v) is 6.07. The predicted octanol–water partition coefficient (Wildman–Crippen LogP) is 4.05. The molecule has 0 radical (unpaired) electrons. The summed E-state index contributed by atoms with van der Waals surface area (Å²) in [6.07, 6.45) is 9.06. The molecule has 2 heterocycles.